The fourth-order valence-corrected chi connectivity index (χ4v) is 6.46. The van der Waals surface area contributed by atoms with E-state index in [9.17, 15) is 14.4 Å². The SMILES string of the molecule is Cc1sc(NC(=O)Cn2c(=O)c3c(ncn3Cc3ccccc3)n(Cc3ccccc3)c2=O)nc1-c1cccc2ccccc12. The zero-order valence-corrected chi connectivity index (χ0v) is 25.2. The predicted molar refractivity (Wildman–Crippen MR) is 178 cm³/mol. The first-order chi connectivity index (χ1) is 22.0. The maximum Gasteiger partial charge on any atom is 0.333 e. The van der Waals surface area contributed by atoms with Gasteiger partial charge in [-0.2, -0.15) is 0 Å². The fourth-order valence-electron chi connectivity index (χ4n) is 5.62. The molecule has 0 aliphatic heterocycles. The molecule has 1 N–H and O–H groups in total. The van der Waals surface area contributed by atoms with Gasteiger partial charge in [-0.15, -0.1) is 11.3 Å². The summed E-state index contributed by atoms with van der Waals surface area (Å²) >= 11 is 1.35. The highest BCUT2D eigenvalue weighted by atomic mass is 32.1. The van der Waals surface area contributed by atoms with Crippen molar-refractivity contribution in [3.63, 3.8) is 0 Å². The van der Waals surface area contributed by atoms with E-state index in [0.717, 1.165) is 42.6 Å². The average molecular weight is 613 g/mol. The Morgan fingerprint density at radius 3 is 2.22 bits per heavy atom. The first-order valence-electron chi connectivity index (χ1n) is 14.5. The summed E-state index contributed by atoms with van der Waals surface area (Å²) in [6, 6.07) is 33.3. The number of nitrogens with one attached hydrogen (secondary N) is 1. The van der Waals surface area contributed by atoms with Gasteiger partial charge in [0.25, 0.3) is 5.56 Å². The summed E-state index contributed by atoms with van der Waals surface area (Å²) in [7, 11) is 0. The van der Waals surface area contributed by atoms with Crippen LogP contribution in [0.15, 0.2) is 119 Å². The van der Waals surface area contributed by atoms with E-state index in [1.165, 1.54) is 15.9 Å². The summed E-state index contributed by atoms with van der Waals surface area (Å²) in [5.74, 6) is -0.521. The predicted octanol–water partition coefficient (Wildman–Crippen LogP) is 5.68. The van der Waals surface area contributed by atoms with E-state index in [1.54, 1.807) is 10.9 Å². The van der Waals surface area contributed by atoms with Gasteiger partial charge in [0.15, 0.2) is 16.3 Å². The smallest absolute Gasteiger partial charge is 0.320 e. The number of thiazole rings is 1. The van der Waals surface area contributed by atoms with E-state index in [4.69, 9.17) is 4.98 Å². The molecule has 0 aliphatic carbocycles. The number of aryl methyl sites for hydroxylation is 1. The van der Waals surface area contributed by atoms with Gasteiger partial charge >= 0.3 is 5.69 Å². The van der Waals surface area contributed by atoms with Crippen molar-refractivity contribution < 1.29 is 4.79 Å². The molecule has 0 atom stereocenters. The minimum Gasteiger partial charge on any atom is -0.320 e. The van der Waals surface area contributed by atoms with Crippen LogP contribution in [0.2, 0.25) is 0 Å². The molecule has 0 saturated carbocycles. The molecule has 10 heteroatoms. The summed E-state index contributed by atoms with van der Waals surface area (Å²) in [6.45, 7) is 2.07. The van der Waals surface area contributed by atoms with Crippen LogP contribution in [-0.2, 0) is 24.4 Å². The second-order valence-electron chi connectivity index (χ2n) is 10.8. The molecule has 4 aromatic carbocycles. The molecule has 0 unspecified atom stereocenters. The third-order valence-electron chi connectivity index (χ3n) is 7.75. The van der Waals surface area contributed by atoms with Crippen LogP contribution in [0.25, 0.3) is 33.2 Å². The van der Waals surface area contributed by atoms with Gasteiger partial charge < -0.3 is 9.88 Å². The maximum atomic E-state index is 13.9. The van der Waals surface area contributed by atoms with Crippen molar-refractivity contribution in [3.8, 4) is 11.3 Å². The van der Waals surface area contributed by atoms with Crippen LogP contribution in [0.4, 0.5) is 5.13 Å². The highest BCUT2D eigenvalue weighted by Gasteiger charge is 2.21. The van der Waals surface area contributed by atoms with Gasteiger partial charge in [0.2, 0.25) is 5.91 Å². The Morgan fingerprint density at radius 2 is 1.47 bits per heavy atom. The number of amides is 1. The van der Waals surface area contributed by atoms with Crippen molar-refractivity contribution >= 4 is 44.3 Å². The Bertz CT molecular complexity index is 2300. The molecule has 0 fully saturated rings. The van der Waals surface area contributed by atoms with E-state index >= 15 is 0 Å². The number of rotatable bonds is 8. The third kappa shape index (κ3) is 5.47. The van der Waals surface area contributed by atoms with Crippen LogP contribution in [-0.4, -0.2) is 29.6 Å². The van der Waals surface area contributed by atoms with Gasteiger partial charge in [0.1, 0.15) is 6.54 Å². The van der Waals surface area contributed by atoms with E-state index in [1.807, 2.05) is 110 Å². The van der Waals surface area contributed by atoms with Crippen molar-refractivity contribution in [2.75, 3.05) is 5.32 Å². The number of aromatic nitrogens is 5. The van der Waals surface area contributed by atoms with E-state index in [0.29, 0.717) is 11.7 Å². The Balaban J connectivity index is 1.24. The van der Waals surface area contributed by atoms with Gasteiger partial charge in [-0.3, -0.25) is 14.2 Å². The normalized spacial score (nSPS) is 11.3. The molecule has 0 radical (unpaired) electrons. The molecule has 9 nitrogen and oxygen atoms in total. The first kappa shape index (κ1) is 28.2. The number of hydrogen-bond donors (Lipinski definition) is 1. The molecule has 3 aromatic heterocycles. The molecule has 0 spiro atoms. The van der Waals surface area contributed by atoms with Crippen molar-refractivity contribution in [2.45, 2.75) is 26.6 Å². The number of carbonyl (C=O) groups excluding carboxylic acids is 1. The third-order valence-corrected chi connectivity index (χ3v) is 8.64. The lowest BCUT2D eigenvalue weighted by Crippen LogP contribution is -2.43. The monoisotopic (exact) mass is 612 g/mol. The Kier molecular flexibility index (Phi) is 7.40. The van der Waals surface area contributed by atoms with Crippen LogP contribution in [0.3, 0.4) is 0 Å². The summed E-state index contributed by atoms with van der Waals surface area (Å²) in [6.07, 6.45) is 1.57. The number of imidazole rings is 1. The summed E-state index contributed by atoms with van der Waals surface area (Å²) in [5.41, 5.74) is 2.94. The molecule has 0 saturated heterocycles. The van der Waals surface area contributed by atoms with E-state index < -0.39 is 23.7 Å². The fraction of sp³-hybridized carbons (Fsp3) is 0.114. The summed E-state index contributed by atoms with van der Waals surface area (Å²) in [5, 5.41) is 5.39. The largest absolute Gasteiger partial charge is 0.333 e. The standard InChI is InChI=1S/C35H28N6O3S/c1-23-30(28-18-10-16-26-15-8-9-17-27(26)28)38-34(45-23)37-29(42)21-41-33(43)31-32(36-22-39(31)19-24-11-4-2-5-12-24)40(35(41)44)20-25-13-6-3-7-14-25/h2-18,22H,19-21H2,1H3,(H,37,38,42). The molecule has 222 valence electrons. The Morgan fingerprint density at radius 1 is 0.800 bits per heavy atom. The average Bonchev–Trinajstić information content (AvgIpc) is 3.64. The zero-order chi connectivity index (χ0) is 30.9. The number of fused-ring (bicyclic) bond motifs is 2. The van der Waals surface area contributed by atoms with Gasteiger partial charge in [0, 0.05) is 17.0 Å². The van der Waals surface area contributed by atoms with Crippen LogP contribution in [0, 0.1) is 6.92 Å². The van der Waals surface area contributed by atoms with E-state index in [-0.39, 0.29) is 17.7 Å². The molecular formula is C35H28N6O3S. The molecule has 0 aliphatic rings. The van der Waals surface area contributed by atoms with Crippen LogP contribution in [0.1, 0.15) is 16.0 Å². The molecular weight excluding hydrogens is 584 g/mol. The molecule has 7 aromatic rings. The number of nitrogens with zero attached hydrogens (tertiary/aromatic N) is 5. The highest BCUT2D eigenvalue weighted by Crippen LogP contribution is 2.34. The topological polar surface area (TPSA) is 104 Å². The molecule has 1 amide bonds. The number of anilines is 1. The highest BCUT2D eigenvalue weighted by molar-refractivity contribution is 7.16. The van der Waals surface area contributed by atoms with Crippen LogP contribution >= 0.6 is 11.3 Å². The molecule has 7 rings (SSSR count). The van der Waals surface area contributed by atoms with Crippen molar-refractivity contribution in [1.82, 2.24) is 23.7 Å². The lowest BCUT2D eigenvalue weighted by molar-refractivity contribution is -0.116. The number of carbonyl (C=O) groups is 1. The second kappa shape index (κ2) is 11.8. The maximum absolute atomic E-state index is 13.9. The van der Waals surface area contributed by atoms with Crippen molar-refractivity contribution in [2.24, 2.45) is 0 Å². The molecule has 0 bridgehead atoms. The quantitative estimate of drug-likeness (QED) is 0.238. The van der Waals surface area contributed by atoms with Gasteiger partial charge in [0.05, 0.1) is 18.6 Å². The minimum absolute atomic E-state index is 0.195. The van der Waals surface area contributed by atoms with Gasteiger partial charge in [-0.1, -0.05) is 103 Å². The molecule has 3 heterocycles. The zero-order valence-electron chi connectivity index (χ0n) is 24.4. The summed E-state index contributed by atoms with van der Waals surface area (Å²) < 4.78 is 4.16. The van der Waals surface area contributed by atoms with Crippen LogP contribution in [0.5, 0.6) is 0 Å². The minimum atomic E-state index is -0.608. The number of hydrogen-bond acceptors (Lipinski definition) is 6. The van der Waals surface area contributed by atoms with Crippen molar-refractivity contribution in [3.05, 3.63) is 146 Å². The molecule has 45 heavy (non-hydrogen) atoms. The van der Waals surface area contributed by atoms with Gasteiger partial charge in [-0.25, -0.2) is 19.3 Å². The summed E-state index contributed by atoms with van der Waals surface area (Å²) in [4.78, 5) is 51.3. The lowest BCUT2D eigenvalue weighted by atomic mass is 10.0. The van der Waals surface area contributed by atoms with Gasteiger partial charge in [-0.05, 0) is 28.8 Å². The second-order valence-corrected chi connectivity index (χ2v) is 12.0. The van der Waals surface area contributed by atoms with E-state index in [2.05, 4.69) is 10.3 Å². The Hall–Kier alpha value is -5.61. The number of benzene rings is 4. The Labute approximate surface area is 261 Å². The van der Waals surface area contributed by atoms with Crippen molar-refractivity contribution in [1.29, 1.82) is 0 Å². The lowest BCUT2D eigenvalue weighted by Gasteiger charge is -2.13. The first-order valence-corrected chi connectivity index (χ1v) is 15.3. The van der Waals surface area contributed by atoms with Crippen LogP contribution < -0.4 is 16.6 Å².